The third-order valence-electron chi connectivity index (χ3n) is 4.47. The molecule has 1 aliphatic rings. The molecule has 3 unspecified atom stereocenters. The summed E-state index contributed by atoms with van der Waals surface area (Å²) < 4.78 is 0. The second-order valence-electron chi connectivity index (χ2n) is 6.30. The summed E-state index contributed by atoms with van der Waals surface area (Å²) in [6.07, 6.45) is 2.42. The highest BCUT2D eigenvalue weighted by molar-refractivity contribution is 5.94. The predicted molar refractivity (Wildman–Crippen MR) is 87.0 cm³/mol. The topological polar surface area (TPSA) is 58.4 Å². The first-order chi connectivity index (χ1) is 10.0. The Bertz CT molecular complexity index is 489. The number of benzene rings is 1. The van der Waals surface area contributed by atoms with Crippen molar-refractivity contribution in [2.45, 2.75) is 52.2 Å². The van der Waals surface area contributed by atoms with Crippen LogP contribution >= 0.6 is 0 Å². The summed E-state index contributed by atoms with van der Waals surface area (Å²) in [6.45, 7) is 7.95. The lowest BCUT2D eigenvalue weighted by atomic mass is 9.93. The first-order valence-electron chi connectivity index (χ1n) is 7.87. The molecule has 3 N–H and O–H groups in total. The first-order valence-corrected chi connectivity index (χ1v) is 7.87. The van der Waals surface area contributed by atoms with E-state index in [2.05, 4.69) is 24.1 Å². The van der Waals surface area contributed by atoms with Gasteiger partial charge in [-0.25, -0.2) is 0 Å². The molecule has 1 aliphatic heterocycles. The summed E-state index contributed by atoms with van der Waals surface area (Å²) in [6, 6.07) is 8.10. The molecule has 1 aromatic rings. The second kappa shape index (κ2) is 7.05. The molecule has 0 aromatic heterocycles. The molecule has 3 atom stereocenters. The van der Waals surface area contributed by atoms with Crippen molar-refractivity contribution in [3.8, 4) is 0 Å². The maximum Gasteiger partial charge on any atom is 0.241 e. The molecule has 1 amide bonds. The highest BCUT2D eigenvalue weighted by atomic mass is 16.2. The van der Waals surface area contributed by atoms with E-state index < -0.39 is 0 Å². The Morgan fingerprint density at radius 1 is 1.43 bits per heavy atom. The largest absolute Gasteiger partial charge is 0.326 e. The fraction of sp³-hybridized carbons (Fsp3) is 0.588. The zero-order chi connectivity index (χ0) is 15.4. The maximum atomic E-state index is 12.5. The summed E-state index contributed by atoms with van der Waals surface area (Å²) in [5.41, 5.74) is 7.49. The van der Waals surface area contributed by atoms with Crippen molar-refractivity contribution >= 4 is 11.6 Å². The normalized spacial score (nSPS) is 24.6. The molecule has 0 aliphatic carbocycles. The Labute approximate surface area is 127 Å². The Morgan fingerprint density at radius 2 is 2.19 bits per heavy atom. The number of carbonyl (C=O) groups excluding carboxylic acids is 1. The van der Waals surface area contributed by atoms with E-state index >= 15 is 0 Å². The van der Waals surface area contributed by atoms with E-state index in [0.717, 1.165) is 17.8 Å². The number of rotatable bonds is 4. The molecule has 1 fully saturated rings. The molecular weight excluding hydrogens is 262 g/mol. The molecule has 1 heterocycles. The number of nitrogens with zero attached hydrogens (tertiary/aromatic N) is 1. The van der Waals surface area contributed by atoms with Crippen molar-refractivity contribution < 1.29 is 4.79 Å². The van der Waals surface area contributed by atoms with Crippen LogP contribution < -0.4 is 11.1 Å². The highest BCUT2D eigenvalue weighted by Gasteiger charge is 2.30. The van der Waals surface area contributed by atoms with Crippen LogP contribution in [-0.2, 0) is 11.3 Å². The van der Waals surface area contributed by atoms with Crippen LogP contribution in [-0.4, -0.2) is 29.4 Å². The number of amides is 1. The zero-order valence-corrected chi connectivity index (χ0v) is 13.3. The van der Waals surface area contributed by atoms with Gasteiger partial charge in [-0.05, 0) is 50.3 Å². The highest BCUT2D eigenvalue weighted by Crippen LogP contribution is 2.24. The molecule has 1 aromatic carbocycles. The van der Waals surface area contributed by atoms with Crippen molar-refractivity contribution in [2.24, 2.45) is 11.7 Å². The summed E-state index contributed by atoms with van der Waals surface area (Å²) in [5, 5.41) is 3.01. The minimum Gasteiger partial charge on any atom is -0.326 e. The van der Waals surface area contributed by atoms with Crippen LogP contribution in [0.4, 0.5) is 5.69 Å². The minimum atomic E-state index is -0.107. The van der Waals surface area contributed by atoms with Gasteiger partial charge in [-0.3, -0.25) is 9.69 Å². The van der Waals surface area contributed by atoms with Gasteiger partial charge in [-0.2, -0.15) is 0 Å². The van der Waals surface area contributed by atoms with Crippen molar-refractivity contribution in [3.05, 3.63) is 29.8 Å². The maximum absolute atomic E-state index is 12.5. The standard InChI is InChI=1S/C17H27N3O/c1-12-7-8-13(2)20(11-12)14(3)17(21)19-16-6-4-5-15(9-16)10-18/h4-6,9,12-14H,7-8,10-11,18H2,1-3H3,(H,19,21). The zero-order valence-electron chi connectivity index (χ0n) is 13.3. The van der Waals surface area contributed by atoms with Crippen LogP contribution in [0.3, 0.4) is 0 Å². The molecule has 116 valence electrons. The lowest BCUT2D eigenvalue weighted by Crippen LogP contribution is -2.50. The van der Waals surface area contributed by atoms with Gasteiger partial charge < -0.3 is 11.1 Å². The number of carbonyl (C=O) groups is 1. The van der Waals surface area contributed by atoms with E-state index in [-0.39, 0.29) is 11.9 Å². The fourth-order valence-corrected chi connectivity index (χ4v) is 3.04. The number of hydrogen-bond donors (Lipinski definition) is 2. The Balaban J connectivity index is 2.01. The Hall–Kier alpha value is -1.39. The van der Waals surface area contributed by atoms with Crippen molar-refractivity contribution in [1.82, 2.24) is 4.90 Å². The van der Waals surface area contributed by atoms with E-state index in [1.165, 1.54) is 12.8 Å². The van der Waals surface area contributed by atoms with E-state index in [9.17, 15) is 4.79 Å². The minimum absolute atomic E-state index is 0.0603. The van der Waals surface area contributed by atoms with Gasteiger partial charge in [0, 0.05) is 24.8 Å². The summed E-state index contributed by atoms with van der Waals surface area (Å²) in [5.74, 6) is 0.724. The van der Waals surface area contributed by atoms with Crippen molar-refractivity contribution in [2.75, 3.05) is 11.9 Å². The van der Waals surface area contributed by atoms with Crippen LogP contribution in [0.1, 0.15) is 39.2 Å². The van der Waals surface area contributed by atoms with E-state index in [0.29, 0.717) is 18.5 Å². The molecule has 4 nitrogen and oxygen atoms in total. The van der Waals surface area contributed by atoms with E-state index in [4.69, 9.17) is 5.73 Å². The van der Waals surface area contributed by atoms with E-state index in [1.54, 1.807) is 0 Å². The van der Waals surface area contributed by atoms with Crippen LogP contribution in [0.5, 0.6) is 0 Å². The second-order valence-corrected chi connectivity index (χ2v) is 6.30. The van der Waals surface area contributed by atoms with Crippen molar-refractivity contribution in [1.29, 1.82) is 0 Å². The molecular formula is C17H27N3O. The monoisotopic (exact) mass is 289 g/mol. The Kier molecular flexibility index (Phi) is 5.37. The third kappa shape index (κ3) is 4.05. The average molecular weight is 289 g/mol. The van der Waals surface area contributed by atoms with Gasteiger partial charge in [0.25, 0.3) is 0 Å². The SMILES string of the molecule is CC1CCC(C)N(C(C)C(=O)Nc2cccc(CN)c2)C1. The number of piperidine rings is 1. The van der Waals surface area contributed by atoms with Gasteiger partial charge >= 0.3 is 0 Å². The van der Waals surface area contributed by atoms with Gasteiger partial charge in [0.05, 0.1) is 6.04 Å². The number of hydrogen-bond acceptors (Lipinski definition) is 3. The van der Waals surface area contributed by atoms with Gasteiger partial charge in [0.15, 0.2) is 0 Å². The molecule has 0 saturated carbocycles. The summed E-state index contributed by atoms with van der Waals surface area (Å²) >= 11 is 0. The molecule has 0 bridgehead atoms. The lowest BCUT2D eigenvalue weighted by molar-refractivity contribution is -0.122. The molecule has 0 spiro atoms. The summed E-state index contributed by atoms with van der Waals surface area (Å²) in [4.78, 5) is 14.8. The molecule has 0 radical (unpaired) electrons. The van der Waals surface area contributed by atoms with Crippen LogP contribution in [0, 0.1) is 5.92 Å². The third-order valence-corrected chi connectivity index (χ3v) is 4.47. The average Bonchev–Trinajstić information content (AvgIpc) is 2.49. The molecule has 21 heavy (non-hydrogen) atoms. The predicted octanol–water partition coefficient (Wildman–Crippen LogP) is 2.59. The molecule has 1 saturated heterocycles. The smallest absolute Gasteiger partial charge is 0.241 e. The lowest BCUT2D eigenvalue weighted by Gasteiger charge is -2.40. The van der Waals surface area contributed by atoms with Gasteiger partial charge in [-0.1, -0.05) is 19.1 Å². The molecule has 4 heteroatoms. The van der Waals surface area contributed by atoms with Gasteiger partial charge in [0.2, 0.25) is 5.91 Å². The number of nitrogens with one attached hydrogen (secondary N) is 1. The number of likely N-dealkylation sites (tertiary alicyclic amines) is 1. The quantitative estimate of drug-likeness (QED) is 0.895. The van der Waals surface area contributed by atoms with Crippen molar-refractivity contribution in [3.63, 3.8) is 0 Å². The summed E-state index contributed by atoms with van der Waals surface area (Å²) in [7, 11) is 0. The number of nitrogens with two attached hydrogens (primary N) is 1. The van der Waals surface area contributed by atoms with Crippen LogP contribution in [0.25, 0.3) is 0 Å². The van der Waals surface area contributed by atoms with Gasteiger partial charge in [0.1, 0.15) is 0 Å². The fourth-order valence-electron chi connectivity index (χ4n) is 3.04. The Morgan fingerprint density at radius 3 is 2.90 bits per heavy atom. The van der Waals surface area contributed by atoms with Crippen LogP contribution in [0.2, 0.25) is 0 Å². The van der Waals surface area contributed by atoms with Gasteiger partial charge in [-0.15, -0.1) is 0 Å². The number of anilines is 1. The molecule has 2 rings (SSSR count). The van der Waals surface area contributed by atoms with Crippen LogP contribution in [0.15, 0.2) is 24.3 Å². The first kappa shape index (κ1) is 16.0. The van der Waals surface area contributed by atoms with E-state index in [1.807, 2.05) is 31.2 Å².